The molecule has 2 atom stereocenters. The molecule has 0 aliphatic heterocycles. The van der Waals surface area contributed by atoms with Gasteiger partial charge in [-0.2, -0.15) is 0 Å². The predicted octanol–water partition coefficient (Wildman–Crippen LogP) is 3.01. The number of halogens is 1. The number of nitrogens with zero attached hydrogens (tertiary/aromatic N) is 2. The first-order valence-corrected chi connectivity index (χ1v) is 7.20. The molecule has 2 heterocycles. The molecule has 100 valence electrons. The SMILES string of the molecule is CC(Cl)C(=O)NC(C)c1nc(-c2cccnc2)cs1. The molecule has 1 amide bonds. The molecule has 0 saturated heterocycles. The van der Waals surface area contributed by atoms with Crippen LogP contribution in [0.15, 0.2) is 29.9 Å². The summed E-state index contributed by atoms with van der Waals surface area (Å²) in [4.78, 5) is 20.1. The predicted molar refractivity (Wildman–Crippen MR) is 77.2 cm³/mol. The van der Waals surface area contributed by atoms with E-state index in [0.29, 0.717) is 0 Å². The molecule has 0 radical (unpaired) electrons. The summed E-state index contributed by atoms with van der Waals surface area (Å²) in [5.74, 6) is -0.188. The Labute approximate surface area is 120 Å². The van der Waals surface area contributed by atoms with Gasteiger partial charge in [-0.25, -0.2) is 4.98 Å². The van der Waals surface area contributed by atoms with Crippen LogP contribution in [0.3, 0.4) is 0 Å². The van der Waals surface area contributed by atoms with Crippen LogP contribution in [0.1, 0.15) is 24.9 Å². The number of nitrogens with one attached hydrogen (secondary N) is 1. The molecule has 0 aromatic carbocycles. The Balaban J connectivity index is 2.11. The summed E-state index contributed by atoms with van der Waals surface area (Å²) in [5.41, 5.74) is 1.84. The Morgan fingerprint density at radius 1 is 1.47 bits per heavy atom. The quantitative estimate of drug-likeness (QED) is 0.882. The van der Waals surface area contributed by atoms with E-state index in [2.05, 4.69) is 15.3 Å². The van der Waals surface area contributed by atoms with Gasteiger partial charge in [-0.1, -0.05) is 0 Å². The molecular formula is C13H14ClN3OS. The van der Waals surface area contributed by atoms with E-state index in [-0.39, 0.29) is 11.9 Å². The number of hydrogen-bond acceptors (Lipinski definition) is 4. The van der Waals surface area contributed by atoms with Crippen LogP contribution in [-0.4, -0.2) is 21.3 Å². The number of pyridine rings is 1. The molecule has 19 heavy (non-hydrogen) atoms. The number of carbonyl (C=O) groups excluding carboxylic acids is 1. The third-order valence-electron chi connectivity index (χ3n) is 2.57. The topological polar surface area (TPSA) is 54.9 Å². The monoisotopic (exact) mass is 295 g/mol. The van der Waals surface area contributed by atoms with E-state index < -0.39 is 5.38 Å². The van der Waals surface area contributed by atoms with Crippen molar-refractivity contribution in [1.29, 1.82) is 0 Å². The van der Waals surface area contributed by atoms with Crippen molar-refractivity contribution < 1.29 is 4.79 Å². The third kappa shape index (κ3) is 3.52. The minimum atomic E-state index is -0.541. The number of alkyl halides is 1. The largest absolute Gasteiger partial charge is 0.346 e. The molecule has 0 aliphatic rings. The summed E-state index contributed by atoms with van der Waals surface area (Å²) in [6, 6.07) is 3.68. The fourth-order valence-electron chi connectivity index (χ4n) is 1.52. The number of carbonyl (C=O) groups is 1. The Kier molecular flexibility index (Phi) is 4.50. The zero-order valence-corrected chi connectivity index (χ0v) is 12.2. The summed E-state index contributed by atoms with van der Waals surface area (Å²) in [6.45, 7) is 3.54. The average molecular weight is 296 g/mol. The van der Waals surface area contributed by atoms with Crippen LogP contribution in [0.4, 0.5) is 0 Å². The second kappa shape index (κ2) is 6.12. The summed E-state index contributed by atoms with van der Waals surface area (Å²) in [6.07, 6.45) is 3.49. The highest BCUT2D eigenvalue weighted by Crippen LogP contribution is 2.24. The lowest BCUT2D eigenvalue weighted by molar-refractivity contribution is -0.121. The summed E-state index contributed by atoms with van der Waals surface area (Å²) < 4.78 is 0. The van der Waals surface area contributed by atoms with Gasteiger partial charge in [-0.05, 0) is 26.0 Å². The number of thiazole rings is 1. The molecule has 2 aromatic heterocycles. The third-order valence-corrected chi connectivity index (χ3v) is 3.80. The van der Waals surface area contributed by atoms with E-state index in [4.69, 9.17) is 11.6 Å². The van der Waals surface area contributed by atoms with Crippen LogP contribution in [0.5, 0.6) is 0 Å². The Morgan fingerprint density at radius 3 is 2.89 bits per heavy atom. The first kappa shape index (κ1) is 14.0. The molecule has 4 nitrogen and oxygen atoms in total. The van der Waals surface area contributed by atoms with E-state index in [9.17, 15) is 4.79 Å². The maximum atomic E-state index is 11.5. The van der Waals surface area contributed by atoms with Crippen molar-refractivity contribution in [3.8, 4) is 11.3 Å². The highest BCUT2D eigenvalue weighted by Gasteiger charge is 2.16. The number of amides is 1. The first-order valence-electron chi connectivity index (χ1n) is 5.88. The molecule has 6 heteroatoms. The van der Waals surface area contributed by atoms with Crippen molar-refractivity contribution in [3.63, 3.8) is 0 Å². The van der Waals surface area contributed by atoms with Crippen molar-refractivity contribution in [2.24, 2.45) is 0 Å². The van der Waals surface area contributed by atoms with E-state index >= 15 is 0 Å². The molecule has 2 aromatic rings. The van der Waals surface area contributed by atoms with Gasteiger partial charge in [0.25, 0.3) is 0 Å². The van der Waals surface area contributed by atoms with E-state index in [1.807, 2.05) is 24.4 Å². The van der Waals surface area contributed by atoms with Gasteiger partial charge in [0.2, 0.25) is 5.91 Å². The van der Waals surface area contributed by atoms with Crippen LogP contribution in [0.25, 0.3) is 11.3 Å². The highest BCUT2D eigenvalue weighted by molar-refractivity contribution is 7.10. The first-order chi connectivity index (χ1) is 9.08. The van der Waals surface area contributed by atoms with Crippen molar-refractivity contribution in [2.45, 2.75) is 25.3 Å². The van der Waals surface area contributed by atoms with E-state index in [1.165, 1.54) is 11.3 Å². The fraction of sp³-hybridized carbons (Fsp3) is 0.308. The van der Waals surface area contributed by atoms with Crippen LogP contribution < -0.4 is 5.32 Å². The normalized spacial score (nSPS) is 13.8. The van der Waals surface area contributed by atoms with Gasteiger partial charge in [0.05, 0.1) is 11.7 Å². The van der Waals surface area contributed by atoms with Crippen LogP contribution >= 0.6 is 22.9 Å². The average Bonchev–Trinajstić information content (AvgIpc) is 2.89. The fourth-order valence-corrected chi connectivity index (χ4v) is 2.42. The maximum Gasteiger partial charge on any atom is 0.238 e. The zero-order valence-electron chi connectivity index (χ0n) is 10.6. The minimum Gasteiger partial charge on any atom is -0.346 e. The van der Waals surface area contributed by atoms with Gasteiger partial charge in [-0.15, -0.1) is 22.9 Å². The summed E-state index contributed by atoms with van der Waals surface area (Å²) >= 11 is 7.23. The molecule has 0 saturated carbocycles. The van der Waals surface area contributed by atoms with Crippen LogP contribution in [0, 0.1) is 0 Å². The van der Waals surface area contributed by atoms with Gasteiger partial charge < -0.3 is 5.32 Å². The number of hydrogen-bond donors (Lipinski definition) is 1. The van der Waals surface area contributed by atoms with Gasteiger partial charge in [-0.3, -0.25) is 9.78 Å². The number of aromatic nitrogens is 2. The molecule has 0 aliphatic carbocycles. The van der Waals surface area contributed by atoms with Crippen molar-refractivity contribution in [2.75, 3.05) is 0 Å². The smallest absolute Gasteiger partial charge is 0.238 e. The summed E-state index contributed by atoms with van der Waals surface area (Å²) in [5, 5.41) is 5.09. The van der Waals surface area contributed by atoms with Gasteiger partial charge >= 0.3 is 0 Å². The van der Waals surface area contributed by atoms with Gasteiger partial charge in [0.15, 0.2) is 0 Å². The lowest BCUT2D eigenvalue weighted by Gasteiger charge is -2.12. The van der Waals surface area contributed by atoms with Crippen molar-refractivity contribution in [3.05, 3.63) is 34.9 Å². The van der Waals surface area contributed by atoms with E-state index in [1.54, 1.807) is 19.3 Å². The molecule has 0 fully saturated rings. The molecule has 0 bridgehead atoms. The lowest BCUT2D eigenvalue weighted by atomic mass is 10.2. The summed E-state index contributed by atoms with van der Waals surface area (Å²) in [7, 11) is 0. The zero-order chi connectivity index (χ0) is 13.8. The molecule has 2 rings (SSSR count). The molecular weight excluding hydrogens is 282 g/mol. The Morgan fingerprint density at radius 2 is 2.26 bits per heavy atom. The highest BCUT2D eigenvalue weighted by atomic mass is 35.5. The van der Waals surface area contributed by atoms with Gasteiger partial charge in [0.1, 0.15) is 10.4 Å². The lowest BCUT2D eigenvalue weighted by Crippen LogP contribution is -2.31. The van der Waals surface area contributed by atoms with Gasteiger partial charge in [0, 0.05) is 23.3 Å². The Hall–Kier alpha value is -1.46. The molecule has 2 unspecified atom stereocenters. The van der Waals surface area contributed by atoms with Crippen LogP contribution in [0.2, 0.25) is 0 Å². The molecule has 1 N–H and O–H groups in total. The molecule has 0 spiro atoms. The number of rotatable bonds is 4. The minimum absolute atomic E-state index is 0.149. The standard InChI is InChI=1S/C13H14ClN3OS/c1-8(14)12(18)16-9(2)13-17-11(7-19-13)10-4-3-5-15-6-10/h3-9H,1-2H3,(H,16,18). The van der Waals surface area contributed by atoms with Crippen LogP contribution in [-0.2, 0) is 4.79 Å². The Bertz CT molecular complexity index is 556. The van der Waals surface area contributed by atoms with Crippen molar-refractivity contribution >= 4 is 28.8 Å². The second-order valence-electron chi connectivity index (χ2n) is 4.16. The van der Waals surface area contributed by atoms with Crippen molar-refractivity contribution in [1.82, 2.24) is 15.3 Å². The second-order valence-corrected chi connectivity index (χ2v) is 5.70. The maximum absolute atomic E-state index is 11.5. The van der Waals surface area contributed by atoms with E-state index in [0.717, 1.165) is 16.3 Å².